The summed E-state index contributed by atoms with van der Waals surface area (Å²) in [5, 5.41) is 30.0. The van der Waals surface area contributed by atoms with Gasteiger partial charge in [0.25, 0.3) is 5.09 Å². The molecule has 0 atom stereocenters. The van der Waals surface area contributed by atoms with Crippen LogP contribution in [0.15, 0.2) is 34.3 Å². The second-order valence-electron chi connectivity index (χ2n) is 7.70. The first-order chi connectivity index (χ1) is 14.8. The Morgan fingerprint density at radius 3 is 2.55 bits per heavy atom. The Balaban J connectivity index is 1.95. The van der Waals surface area contributed by atoms with E-state index in [-0.39, 0.29) is 23.8 Å². The second kappa shape index (κ2) is 9.90. The molecule has 2 aromatic rings. The number of H-pyrrole nitrogens is 1. The molecule has 1 saturated carbocycles. The standard InChI is InChI=1S/C20H26N4O6S/c1-31(28,29)16-11-9-15(10-12-16)19-18(14-6-3-2-4-7-14)20(22-21-19)17(23-25)8-5-13-30-24(26)27/h9-12,14,25H,2-8,13H2,1H3,(H,21,22). The molecule has 31 heavy (non-hydrogen) atoms. The summed E-state index contributed by atoms with van der Waals surface area (Å²) in [4.78, 5) is 14.9. The number of rotatable bonds is 9. The Labute approximate surface area is 180 Å². The van der Waals surface area contributed by atoms with Crippen molar-refractivity contribution in [2.75, 3.05) is 12.9 Å². The number of hydrogen-bond donors (Lipinski definition) is 2. The van der Waals surface area contributed by atoms with Crippen molar-refractivity contribution in [3.8, 4) is 11.3 Å². The van der Waals surface area contributed by atoms with E-state index < -0.39 is 14.9 Å². The van der Waals surface area contributed by atoms with Gasteiger partial charge in [-0.3, -0.25) is 5.10 Å². The van der Waals surface area contributed by atoms with Crippen LogP contribution in [-0.2, 0) is 14.7 Å². The minimum absolute atomic E-state index is 0.102. The Morgan fingerprint density at radius 1 is 1.29 bits per heavy atom. The van der Waals surface area contributed by atoms with Crippen LogP contribution in [0.1, 0.15) is 62.1 Å². The summed E-state index contributed by atoms with van der Waals surface area (Å²) < 4.78 is 23.6. The summed E-state index contributed by atoms with van der Waals surface area (Å²) in [6, 6.07) is 6.60. The minimum atomic E-state index is -3.30. The van der Waals surface area contributed by atoms with Crippen LogP contribution in [0, 0.1) is 10.1 Å². The summed E-state index contributed by atoms with van der Waals surface area (Å²) in [6.07, 6.45) is 7.02. The number of nitrogens with zero attached hydrogens (tertiary/aromatic N) is 3. The fourth-order valence-corrected chi connectivity index (χ4v) is 4.67. The van der Waals surface area contributed by atoms with E-state index in [1.54, 1.807) is 24.3 Å². The molecule has 1 heterocycles. The average molecular weight is 451 g/mol. The predicted molar refractivity (Wildman–Crippen MR) is 113 cm³/mol. The van der Waals surface area contributed by atoms with E-state index in [9.17, 15) is 23.7 Å². The van der Waals surface area contributed by atoms with Crippen molar-refractivity contribution in [3.63, 3.8) is 0 Å². The Hall–Kier alpha value is -2.95. The van der Waals surface area contributed by atoms with Crippen LogP contribution >= 0.6 is 0 Å². The molecule has 11 heteroatoms. The van der Waals surface area contributed by atoms with Gasteiger partial charge < -0.3 is 10.0 Å². The van der Waals surface area contributed by atoms with Gasteiger partial charge in [0.15, 0.2) is 9.84 Å². The number of sulfone groups is 1. The Bertz CT molecular complexity index is 1040. The third kappa shape index (κ3) is 5.60. The normalized spacial score (nSPS) is 15.7. The molecule has 168 valence electrons. The second-order valence-corrected chi connectivity index (χ2v) is 9.72. The zero-order valence-electron chi connectivity index (χ0n) is 17.3. The first-order valence-electron chi connectivity index (χ1n) is 10.2. The van der Waals surface area contributed by atoms with Crippen LogP contribution in [0.5, 0.6) is 0 Å². The highest BCUT2D eigenvalue weighted by atomic mass is 32.2. The molecule has 0 unspecified atom stereocenters. The summed E-state index contributed by atoms with van der Waals surface area (Å²) in [5.41, 5.74) is 3.38. The molecule has 3 rings (SSSR count). The molecule has 1 aliphatic rings. The van der Waals surface area contributed by atoms with Gasteiger partial charge >= 0.3 is 0 Å². The Kier molecular flexibility index (Phi) is 7.26. The monoisotopic (exact) mass is 450 g/mol. The van der Waals surface area contributed by atoms with Gasteiger partial charge in [-0.1, -0.05) is 36.6 Å². The zero-order valence-corrected chi connectivity index (χ0v) is 18.1. The fraction of sp³-hybridized carbons (Fsp3) is 0.500. The molecular formula is C20H26N4O6S. The van der Waals surface area contributed by atoms with Crippen molar-refractivity contribution >= 4 is 15.5 Å². The van der Waals surface area contributed by atoms with Gasteiger partial charge in [0, 0.05) is 11.8 Å². The third-order valence-corrected chi connectivity index (χ3v) is 6.67. The number of hydrogen-bond acceptors (Lipinski definition) is 8. The zero-order chi connectivity index (χ0) is 22.4. The van der Waals surface area contributed by atoms with Crippen LogP contribution in [0.2, 0.25) is 0 Å². The van der Waals surface area contributed by atoms with Crippen molar-refractivity contribution < 1.29 is 23.5 Å². The molecule has 10 nitrogen and oxygen atoms in total. The molecule has 0 saturated heterocycles. The van der Waals surface area contributed by atoms with E-state index in [2.05, 4.69) is 20.2 Å². The molecule has 0 aliphatic heterocycles. The summed E-state index contributed by atoms with van der Waals surface area (Å²) in [6.45, 7) is -0.102. The largest absolute Gasteiger partial charge is 0.411 e. The average Bonchev–Trinajstić information content (AvgIpc) is 3.18. The van der Waals surface area contributed by atoms with E-state index in [0.717, 1.165) is 48.8 Å². The van der Waals surface area contributed by atoms with Gasteiger partial charge in [0.1, 0.15) is 11.4 Å². The van der Waals surface area contributed by atoms with Crippen LogP contribution in [0.4, 0.5) is 0 Å². The van der Waals surface area contributed by atoms with Gasteiger partial charge in [0.05, 0.1) is 17.2 Å². The summed E-state index contributed by atoms with van der Waals surface area (Å²) >= 11 is 0. The smallest absolute Gasteiger partial charge is 0.294 e. The van der Waals surface area contributed by atoms with Crippen molar-refractivity contribution in [1.82, 2.24) is 10.2 Å². The summed E-state index contributed by atoms with van der Waals surface area (Å²) in [7, 11) is -3.30. The number of aromatic amines is 1. The molecule has 0 spiro atoms. The number of aromatic nitrogens is 2. The Morgan fingerprint density at radius 2 is 1.97 bits per heavy atom. The molecule has 1 aliphatic carbocycles. The molecule has 0 bridgehead atoms. The number of oxime groups is 1. The predicted octanol–water partition coefficient (Wildman–Crippen LogP) is 3.69. The lowest BCUT2D eigenvalue weighted by Gasteiger charge is -2.23. The highest BCUT2D eigenvalue weighted by Gasteiger charge is 2.27. The molecule has 2 N–H and O–H groups in total. The van der Waals surface area contributed by atoms with E-state index in [1.165, 1.54) is 6.42 Å². The SMILES string of the molecule is CS(=O)(=O)c1ccc(-c2[nH]nc(C(CCCO[N+](=O)[O-])=NO)c2C2CCCCC2)cc1. The highest BCUT2D eigenvalue weighted by molar-refractivity contribution is 7.90. The molecule has 1 fully saturated rings. The van der Waals surface area contributed by atoms with Gasteiger partial charge in [-0.2, -0.15) is 5.10 Å². The van der Waals surface area contributed by atoms with Gasteiger partial charge in [-0.05, 0) is 49.3 Å². The van der Waals surface area contributed by atoms with E-state index in [4.69, 9.17) is 0 Å². The maximum absolute atomic E-state index is 11.8. The van der Waals surface area contributed by atoms with Crippen LogP contribution in [-0.4, -0.2) is 47.5 Å². The lowest BCUT2D eigenvalue weighted by atomic mass is 9.81. The van der Waals surface area contributed by atoms with Crippen LogP contribution < -0.4 is 0 Å². The third-order valence-electron chi connectivity index (χ3n) is 5.54. The van der Waals surface area contributed by atoms with E-state index >= 15 is 0 Å². The fourth-order valence-electron chi connectivity index (χ4n) is 4.04. The summed E-state index contributed by atoms with van der Waals surface area (Å²) in [5.74, 6) is 0.221. The van der Waals surface area contributed by atoms with Crippen LogP contribution in [0.25, 0.3) is 11.3 Å². The quantitative estimate of drug-likeness (QED) is 0.194. The minimum Gasteiger partial charge on any atom is -0.411 e. The topological polar surface area (TPSA) is 148 Å². The van der Waals surface area contributed by atoms with Crippen LogP contribution in [0.3, 0.4) is 0 Å². The maximum Gasteiger partial charge on any atom is 0.294 e. The molecular weight excluding hydrogens is 424 g/mol. The lowest BCUT2D eigenvalue weighted by molar-refractivity contribution is -0.757. The molecule has 0 radical (unpaired) electrons. The van der Waals surface area contributed by atoms with E-state index in [0.29, 0.717) is 17.8 Å². The maximum atomic E-state index is 11.8. The molecule has 0 amide bonds. The van der Waals surface area contributed by atoms with Crippen molar-refractivity contribution in [2.45, 2.75) is 55.8 Å². The molecule has 1 aromatic carbocycles. The molecule has 1 aromatic heterocycles. The van der Waals surface area contributed by atoms with Crippen molar-refractivity contribution in [1.29, 1.82) is 0 Å². The lowest BCUT2D eigenvalue weighted by Crippen LogP contribution is -2.13. The van der Waals surface area contributed by atoms with Crippen molar-refractivity contribution in [2.24, 2.45) is 5.16 Å². The van der Waals surface area contributed by atoms with Gasteiger partial charge in [-0.15, -0.1) is 10.1 Å². The highest BCUT2D eigenvalue weighted by Crippen LogP contribution is 2.39. The first-order valence-corrected chi connectivity index (χ1v) is 12.1. The van der Waals surface area contributed by atoms with Gasteiger partial charge in [0.2, 0.25) is 0 Å². The van der Waals surface area contributed by atoms with Gasteiger partial charge in [-0.25, -0.2) is 8.42 Å². The van der Waals surface area contributed by atoms with E-state index in [1.807, 2.05) is 0 Å². The number of benzene rings is 1. The first kappa shape index (κ1) is 22.7. The van der Waals surface area contributed by atoms with Crippen molar-refractivity contribution in [3.05, 3.63) is 45.6 Å². The number of nitrogens with one attached hydrogen (secondary N) is 1.